The van der Waals surface area contributed by atoms with E-state index in [1.54, 1.807) is 30.3 Å². The van der Waals surface area contributed by atoms with E-state index in [9.17, 15) is 18.0 Å². The standard InChI is InChI=1S/C28H32N2O4S/c1-19-10-15-25(20(2)16-19)30(35(6,33)34)18-26(31)29-24-9-7-8-22(17-24)27(32)21-11-13-23(14-12-21)28(3,4)5/h7-17H,18H2,1-6H3,(H,29,31). The van der Waals surface area contributed by atoms with E-state index in [1.165, 1.54) is 0 Å². The zero-order chi connectivity index (χ0) is 26.0. The number of ketones is 1. The van der Waals surface area contributed by atoms with Crippen LogP contribution in [0.15, 0.2) is 66.7 Å². The van der Waals surface area contributed by atoms with Gasteiger partial charge in [-0.15, -0.1) is 0 Å². The Balaban J connectivity index is 1.78. The van der Waals surface area contributed by atoms with Gasteiger partial charge < -0.3 is 5.32 Å². The lowest BCUT2D eigenvalue weighted by Crippen LogP contribution is -2.37. The summed E-state index contributed by atoms with van der Waals surface area (Å²) in [6.07, 6.45) is 1.07. The maximum atomic E-state index is 13.0. The van der Waals surface area contributed by atoms with Crippen molar-refractivity contribution in [3.05, 3.63) is 94.5 Å². The van der Waals surface area contributed by atoms with Crippen LogP contribution in [0.4, 0.5) is 11.4 Å². The van der Waals surface area contributed by atoms with Gasteiger partial charge in [-0.3, -0.25) is 13.9 Å². The molecule has 0 unspecified atom stereocenters. The van der Waals surface area contributed by atoms with E-state index in [1.807, 2.05) is 50.2 Å². The van der Waals surface area contributed by atoms with Gasteiger partial charge in [-0.1, -0.05) is 74.9 Å². The molecule has 0 fully saturated rings. The Morgan fingerprint density at radius 2 is 1.54 bits per heavy atom. The molecule has 0 heterocycles. The Morgan fingerprint density at radius 3 is 2.11 bits per heavy atom. The summed E-state index contributed by atoms with van der Waals surface area (Å²) in [5, 5.41) is 2.72. The first kappa shape index (κ1) is 26.2. The summed E-state index contributed by atoms with van der Waals surface area (Å²) in [7, 11) is -3.69. The molecule has 6 nitrogen and oxygen atoms in total. The Morgan fingerprint density at radius 1 is 0.886 bits per heavy atom. The monoisotopic (exact) mass is 492 g/mol. The Hall–Kier alpha value is -3.45. The fourth-order valence-corrected chi connectivity index (χ4v) is 4.74. The molecule has 3 rings (SSSR count). The maximum Gasteiger partial charge on any atom is 0.245 e. The van der Waals surface area contributed by atoms with E-state index < -0.39 is 15.9 Å². The first-order valence-electron chi connectivity index (χ1n) is 11.4. The molecule has 0 saturated heterocycles. The number of amides is 1. The van der Waals surface area contributed by atoms with Gasteiger partial charge in [-0.05, 0) is 48.6 Å². The molecule has 0 aromatic heterocycles. The van der Waals surface area contributed by atoms with E-state index in [0.29, 0.717) is 22.5 Å². The van der Waals surface area contributed by atoms with Crippen molar-refractivity contribution in [2.45, 2.75) is 40.0 Å². The number of hydrogen-bond donors (Lipinski definition) is 1. The fraction of sp³-hybridized carbons (Fsp3) is 0.286. The third-order valence-electron chi connectivity index (χ3n) is 5.73. The topological polar surface area (TPSA) is 83.6 Å². The summed E-state index contributed by atoms with van der Waals surface area (Å²) >= 11 is 0. The summed E-state index contributed by atoms with van der Waals surface area (Å²) in [4.78, 5) is 25.8. The number of rotatable bonds is 7. The van der Waals surface area contributed by atoms with E-state index in [2.05, 4.69) is 26.1 Å². The van der Waals surface area contributed by atoms with E-state index in [-0.39, 0.29) is 17.7 Å². The lowest BCUT2D eigenvalue weighted by molar-refractivity contribution is -0.114. The van der Waals surface area contributed by atoms with Crippen LogP contribution in [0, 0.1) is 13.8 Å². The molecule has 0 saturated carbocycles. The molecule has 184 valence electrons. The molecule has 0 spiro atoms. The molecule has 35 heavy (non-hydrogen) atoms. The third kappa shape index (κ3) is 6.57. The van der Waals surface area contributed by atoms with Gasteiger partial charge in [0, 0.05) is 16.8 Å². The summed E-state index contributed by atoms with van der Waals surface area (Å²) in [5.41, 5.74) is 4.74. The SMILES string of the molecule is Cc1ccc(N(CC(=O)Nc2cccc(C(=O)c3ccc(C(C)(C)C)cc3)c2)S(C)(=O)=O)c(C)c1. The highest BCUT2D eigenvalue weighted by Gasteiger charge is 2.23. The second-order valence-electron chi connectivity index (χ2n) is 9.85. The average molecular weight is 493 g/mol. The maximum absolute atomic E-state index is 13.0. The van der Waals surface area contributed by atoms with Crippen LogP contribution in [-0.4, -0.2) is 32.9 Å². The van der Waals surface area contributed by atoms with E-state index in [4.69, 9.17) is 0 Å². The van der Waals surface area contributed by atoms with Crippen LogP contribution < -0.4 is 9.62 Å². The zero-order valence-corrected chi connectivity index (χ0v) is 21.9. The smallest absolute Gasteiger partial charge is 0.245 e. The van der Waals surface area contributed by atoms with E-state index in [0.717, 1.165) is 27.3 Å². The molecular formula is C28H32N2O4S. The molecule has 3 aromatic carbocycles. The Kier molecular flexibility index (Phi) is 7.50. The van der Waals surface area contributed by atoms with Gasteiger partial charge in [0.1, 0.15) is 6.54 Å². The zero-order valence-electron chi connectivity index (χ0n) is 21.0. The van der Waals surface area contributed by atoms with Gasteiger partial charge in [0.2, 0.25) is 15.9 Å². The first-order valence-corrected chi connectivity index (χ1v) is 13.2. The Labute approximate surface area is 208 Å². The number of nitrogens with zero attached hydrogens (tertiary/aromatic N) is 1. The lowest BCUT2D eigenvalue weighted by Gasteiger charge is -2.24. The molecule has 0 bridgehead atoms. The minimum atomic E-state index is -3.69. The van der Waals surface area contributed by atoms with Crippen molar-refractivity contribution in [2.24, 2.45) is 0 Å². The van der Waals surface area contributed by atoms with Gasteiger partial charge in [-0.25, -0.2) is 8.42 Å². The third-order valence-corrected chi connectivity index (χ3v) is 6.86. The molecule has 0 radical (unpaired) electrons. The van der Waals surface area contributed by atoms with Gasteiger partial charge in [0.25, 0.3) is 0 Å². The minimum absolute atomic E-state index is 0.0112. The fourth-order valence-electron chi connectivity index (χ4n) is 3.82. The highest BCUT2D eigenvalue weighted by Crippen LogP contribution is 2.25. The van der Waals surface area contributed by atoms with Crippen molar-refractivity contribution in [3.63, 3.8) is 0 Å². The number of carbonyl (C=O) groups excluding carboxylic acids is 2. The molecule has 0 atom stereocenters. The van der Waals surface area contributed by atoms with Gasteiger partial charge in [0.15, 0.2) is 5.78 Å². The minimum Gasteiger partial charge on any atom is -0.324 e. The predicted molar refractivity (Wildman–Crippen MR) is 142 cm³/mol. The van der Waals surface area contributed by atoms with Gasteiger partial charge >= 0.3 is 0 Å². The van der Waals surface area contributed by atoms with Crippen molar-refractivity contribution >= 4 is 33.1 Å². The molecule has 1 amide bonds. The van der Waals surface area contributed by atoms with Gasteiger partial charge in [0.05, 0.1) is 11.9 Å². The predicted octanol–water partition coefficient (Wildman–Crippen LogP) is 5.24. The quantitative estimate of drug-likeness (QED) is 0.458. The molecule has 0 aliphatic heterocycles. The first-order chi connectivity index (χ1) is 16.3. The highest BCUT2D eigenvalue weighted by molar-refractivity contribution is 7.92. The van der Waals surface area contributed by atoms with Crippen molar-refractivity contribution in [3.8, 4) is 0 Å². The number of anilines is 2. The van der Waals surface area contributed by atoms with Crippen LogP contribution in [0.25, 0.3) is 0 Å². The number of aryl methyl sites for hydroxylation is 2. The molecule has 1 N–H and O–H groups in total. The summed E-state index contributed by atoms with van der Waals surface area (Å²) in [5.74, 6) is -0.663. The molecule has 7 heteroatoms. The molecule has 0 aliphatic rings. The van der Waals surface area contributed by atoms with Gasteiger partial charge in [-0.2, -0.15) is 0 Å². The van der Waals surface area contributed by atoms with Crippen LogP contribution in [0.2, 0.25) is 0 Å². The number of nitrogens with one attached hydrogen (secondary N) is 1. The highest BCUT2D eigenvalue weighted by atomic mass is 32.2. The van der Waals surface area contributed by atoms with Crippen LogP contribution >= 0.6 is 0 Å². The molecule has 3 aromatic rings. The van der Waals surface area contributed by atoms with Crippen molar-refractivity contribution in [1.82, 2.24) is 0 Å². The lowest BCUT2D eigenvalue weighted by atomic mass is 9.86. The summed E-state index contributed by atoms with van der Waals surface area (Å²) < 4.78 is 26.0. The average Bonchev–Trinajstić information content (AvgIpc) is 2.76. The number of carbonyl (C=O) groups is 2. The van der Waals surface area contributed by atoms with E-state index >= 15 is 0 Å². The van der Waals surface area contributed by atoms with Crippen molar-refractivity contribution in [1.29, 1.82) is 0 Å². The Bertz CT molecular complexity index is 1350. The molecule has 0 aliphatic carbocycles. The summed E-state index contributed by atoms with van der Waals surface area (Å²) in [6, 6.07) is 19.5. The number of sulfonamides is 1. The van der Waals surface area contributed by atoms with Crippen LogP contribution in [0.5, 0.6) is 0 Å². The summed E-state index contributed by atoms with van der Waals surface area (Å²) in [6.45, 7) is 9.68. The second kappa shape index (κ2) is 10.0. The van der Waals surface area contributed by atoms with Crippen LogP contribution in [0.1, 0.15) is 53.4 Å². The van der Waals surface area contributed by atoms with Crippen molar-refractivity contribution < 1.29 is 18.0 Å². The largest absolute Gasteiger partial charge is 0.324 e. The normalized spacial score (nSPS) is 11.7. The van der Waals surface area contributed by atoms with Crippen LogP contribution in [-0.2, 0) is 20.2 Å². The van der Waals surface area contributed by atoms with Crippen LogP contribution in [0.3, 0.4) is 0 Å². The van der Waals surface area contributed by atoms with Crippen molar-refractivity contribution in [2.75, 3.05) is 22.4 Å². The molecular weight excluding hydrogens is 460 g/mol. The second-order valence-corrected chi connectivity index (χ2v) is 11.8. The number of hydrogen-bond acceptors (Lipinski definition) is 4. The number of benzene rings is 3.